The van der Waals surface area contributed by atoms with Crippen molar-refractivity contribution in [1.29, 1.82) is 0 Å². The molecular weight excluding hydrogens is 258 g/mol. The van der Waals surface area contributed by atoms with E-state index in [1.807, 2.05) is 18.2 Å². The van der Waals surface area contributed by atoms with Crippen LogP contribution in [0.3, 0.4) is 0 Å². The first-order valence-electron chi connectivity index (χ1n) is 6.16. The Kier molecular flexibility index (Phi) is 4.27. The number of aliphatic hydroxyl groups is 1. The highest BCUT2D eigenvalue weighted by Crippen LogP contribution is 2.26. The van der Waals surface area contributed by atoms with Gasteiger partial charge in [0.1, 0.15) is 0 Å². The highest BCUT2D eigenvalue weighted by molar-refractivity contribution is 5.59. The Hall–Kier alpha value is -2.47. The standard InChI is InChI=1S/C14H15N3O3/c1-10-7-8-15-14(13(10)17(19)20)16-9-12(18)11-5-3-2-4-6-11/h2-8,12,18H,9H2,1H3,(H,15,16). The molecule has 1 atom stereocenters. The predicted molar refractivity (Wildman–Crippen MR) is 75.5 cm³/mol. The Morgan fingerprint density at radius 2 is 2.05 bits per heavy atom. The number of hydrogen-bond donors (Lipinski definition) is 2. The predicted octanol–water partition coefficient (Wildman–Crippen LogP) is 2.44. The molecule has 0 aliphatic rings. The number of rotatable bonds is 5. The number of pyridine rings is 1. The summed E-state index contributed by atoms with van der Waals surface area (Å²) in [6.45, 7) is 1.81. The second-order valence-electron chi connectivity index (χ2n) is 4.39. The third-order valence-electron chi connectivity index (χ3n) is 2.96. The van der Waals surface area contributed by atoms with Gasteiger partial charge < -0.3 is 10.4 Å². The van der Waals surface area contributed by atoms with Crippen molar-refractivity contribution in [3.63, 3.8) is 0 Å². The van der Waals surface area contributed by atoms with Crippen LogP contribution in [0.4, 0.5) is 11.5 Å². The van der Waals surface area contributed by atoms with E-state index in [-0.39, 0.29) is 18.1 Å². The lowest BCUT2D eigenvalue weighted by molar-refractivity contribution is -0.384. The molecule has 6 nitrogen and oxygen atoms in total. The van der Waals surface area contributed by atoms with Gasteiger partial charge in [0.2, 0.25) is 5.82 Å². The quantitative estimate of drug-likeness (QED) is 0.645. The van der Waals surface area contributed by atoms with E-state index in [0.29, 0.717) is 5.56 Å². The number of nitrogens with zero attached hydrogens (tertiary/aromatic N) is 2. The Balaban J connectivity index is 2.12. The maximum Gasteiger partial charge on any atom is 0.314 e. The van der Waals surface area contributed by atoms with Gasteiger partial charge in [-0.2, -0.15) is 0 Å². The summed E-state index contributed by atoms with van der Waals surface area (Å²) in [7, 11) is 0. The average molecular weight is 273 g/mol. The number of hydrogen-bond acceptors (Lipinski definition) is 5. The number of anilines is 1. The Bertz CT molecular complexity index is 602. The molecular formula is C14H15N3O3. The van der Waals surface area contributed by atoms with Gasteiger partial charge in [0, 0.05) is 18.3 Å². The van der Waals surface area contributed by atoms with Crippen LogP contribution < -0.4 is 5.32 Å². The maximum atomic E-state index is 11.0. The van der Waals surface area contributed by atoms with Crippen molar-refractivity contribution >= 4 is 11.5 Å². The zero-order valence-corrected chi connectivity index (χ0v) is 11.0. The number of aromatic nitrogens is 1. The molecule has 0 fully saturated rings. The molecule has 0 aliphatic heterocycles. The number of benzene rings is 1. The molecule has 20 heavy (non-hydrogen) atoms. The molecule has 0 saturated heterocycles. The van der Waals surface area contributed by atoms with Gasteiger partial charge in [-0.3, -0.25) is 10.1 Å². The molecule has 0 aliphatic carbocycles. The van der Waals surface area contributed by atoms with Crippen molar-refractivity contribution in [3.05, 3.63) is 63.8 Å². The molecule has 0 radical (unpaired) electrons. The summed E-state index contributed by atoms with van der Waals surface area (Å²) in [5.74, 6) is 0.171. The molecule has 0 bridgehead atoms. The molecule has 0 spiro atoms. The minimum atomic E-state index is -0.752. The second-order valence-corrected chi connectivity index (χ2v) is 4.39. The van der Waals surface area contributed by atoms with E-state index < -0.39 is 11.0 Å². The van der Waals surface area contributed by atoms with Gasteiger partial charge in [-0.05, 0) is 18.6 Å². The number of aliphatic hydroxyl groups excluding tert-OH is 1. The van der Waals surface area contributed by atoms with Crippen LogP contribution in [0.2, 0.25) is 0 Å². The van der Waals surface area contributed by atoms with Crippen molar-refractivity contribution in [3.8, 4) is 0 Å². The molecule has 1 heterocycles. The Morgan fingerprint density at radius 3 is 2.70 bits per heavy atom. The van der Waals surface area contributed by atoms with E-state index in [1.54, 1.807) is 25.1 Å². The molecule has 1 unspecified atom stereocenters. The van der Waals surface area contributed by atoms with Crippen molar-refractivity contribution in [2.75, 3.05) is 11.9 Å². The van der Waals surface area contributed by atoms with Gasteiger partial charge in [0.25, 0.3) is 0 Å². The molecule has 0 amide bonds. The second kappa shape index (κ2) is 6.12. The van der Waals surface area contributed by atoms with Gasteiger partial charge in [-0.1, -0.05) is 30.3 Å². The van der Waals surface area contributed by atoms with E-state index in [0.717, 1.165) is 5.56 Å². The van der Waals surface area contributed by atoms with Crippen LogP contribution in [0.1, 0.15) is 17.2 Å². The zero-order valence-electron chi connectivity index (χ0n) is 11.0. The lowest BCUT2D eigenvalue weighted by Gasteiger charge is -2.13. The summed E-state index contributed by atoms with van der Waals surface area (Å²) < 4.78 is 0. The number of nitrogens with one attached hydrogen (secondary N) is 1. The van der Waals surface area contributed by atoms with Crippen molar-refractivity contribution in [1.82, 2.24) is 4.98 Å². The summed E-state index contributed by atoms with van der Waals surface area (Å²) in [6.07, 6.45) is 0.748. The lowest BCUT2D eigenvalue weighted by Crippen LogP contribution is -2.14. The van der Waals surface area contributed by atoms with Crippen LogP contribution in [-0.4, -0.2) is 21.6 Å². The lowest BCUT2D eigenvalue weighted by atomic mass is 10.1. The average Bonchev–Trinajstić information content (AvgIpc) is 2.45. The Labute approximate surface area is 116 Å². The SMILES string of the molecule is Cc1ccnc(NCC(O)c2ccccc2)c1[N+](=O)[O-]. The minimum absolute atomic E-state index is 0.0623. The summed E-state index contributed by atoms with van der Waals surface area (Å²) in [5, 5.41) is 23.9. The van der Waals surface area contributed by atoms with Crippen molar-refractivity contribution in [2.24, 2.45) is 0 Å². The number of nitro groups is 1. The number of aryl methyl sites for hydroxylation is 1. The fourth-order valence-corrected chi connectivity index (χ4v) is 1.90. The molecule has 1 aromatic heterocycles. The van der Waals surface area contributed by atoms with E-state index in [2.05, 4.69) is 10.3 Å². The molecule has 2 N–H and O–H groups in total. The first-order valence-corrected chi connectivity index (χ1v) is 6.16. The summed E-state index contributed by atoms with van der Waals surface area (Å²) in [4.78, 5) is 14.5. The smallest absolute Gasteiger partial charge is 0.314 e. The van der Waals surface area contributed by atoms with E-state index >= 15 is 0 Å². The highest BCUT2D eigenvalue weighted by atomic mass is 16.6. The van der Waals surface area contributed by atoms with E-state index in [9.17, 15) is 15.2 Å². The third-order valence-corrected chi connectivity index (χ3v) is 2.96. The van der Waals surface area contributed by atoms with Gasteiger partial charge in [0.15, 0.2) is 0 Å². The first-order chi connectivity index (χ1) is 9.59. The molecule has 0 saturated carbocycles. The van der Waals surface area contributed by atoms with Gasteiger partial charge in [0.05, 0.1) is 11.0 Å². The minimum Gasteiger partial charge on any atom is -0.387 e. The summed E-state index contributed by atoms with van der Waals surface area (Å²) in [6, 6.07) is 10.7. The van der Waals surface area contributed by atoms with Crippen LogP contribution in [0.15, 0.2) is 42.6 Å². The third kappa shape index (κ3) is 3.10. The van der Waals surface area contributed by atoms with E-state index in [1.165, 1.54) is 6.20 Å². The summed E-state index contributed by atoms with van der Waals surface area (Å²) >= 11 is 0. The largest absolute Gasteiger partial charge is 0.387 e. The van der Waals surface area contributed by atoms with Gasteiger partial charge in [-0.25, -0.2) is 4.98 Å². The van der Waals surface area contributed by atoms with Gasteiger partial charge in [-0.15, -0.1) is 0 Å². The first kappa shape index (κ1) is 14.0. The van der Waals surface area contributed by atoms with Crippen molar-refractivity contribution in [2.45, 2.75) is 13.0 Å². The highest BCUT2D eigenvalue weighted by Gasteiger charge is 2.19. The van der Waals surface area contributed by atoms with Gasteiger partial charge >= 0.3 is 5.69 Å². The molecule has 1 aromatic carbocycles. The normalized spacial score (nSPS) is 11.9. The molecule has 2 rings (SSSR count). The van der Waals surface area contributed by atoms with E-state index in [4.69, 9.17) is 0 Å². The van der Waals surface area contributed by atoms with Crippen LogP contribution in [0.25, 0.3) is 0 Å². The Morgan fingerprint density at radius 1 is 1.35 bits per heavy atom. The zero-order chi connectivity index (χ0) is 14.5. The van der Waals surface area contributed by atoms with Crippen LogP contribution in [0, 0.1) is 17.0 Å². The maximum absolute atomic E-state index is 11.0. The monoisotopic (exact) mass is 273 g/mol. The molecule has 2 aromatic rings. The fraction of sp³-hybridized carbons (Fsp3) is 0.214. The van der Waals surface area contributed by atoms with Crippen molar-refractivity contribution < 1.29 is 10.0 Å². The molecule has 104 valence electrons. The summed E-state index contributed by atoms with van der Waals surface area (Å²) in [5.41, 5.74) is 1.21. The van der Waals surface area contributed by atoms with Crippen LogP contribution in [-0.2, 0) is 0 Å². The fourth-order valence-electron chi connectivity index (χ4n) is 1.90. The molecule has 6 heteroatoms. The topological polar surface area (TPSA) is 88.3 Å². The van der Waals surface area contributed by atoms with Crippen LogP contribution >= 0.6 is 0 Å². The van der Waals surface area contributed by atoms with Crippen LogP contribution in [0.5, 0.6) is 0 Å².